The molecule has 0 aliphatic carbocycles. The van der Waals surface area contributed by atoms with Crippen LogP contribution in [0.3, 0.4) is 0 Å². The second-order valence-electron chi connectivity index (χ2n) is 3.64. The van der Waals surface area contributed by atoms with Gasteiger partial charge in [-0.2, -0.15) is 0 Å². The fourth-order valence-corrected chi connectivity index (χ4v) is 1.52. The molecular formula is C9H17NO4. The van der Waals surface area contributed by atoms with E-state index < -0.39 is 24.2 Å². The maximum Gasteiger partial charge on any atom is 0.254 e. The fraction of sp³-hybridized carbons (Fsp3) is 0.889. The average Bonchev–Trinajstić information content (AvgIpc) is 2.18. The number of hydrogen-bond acceptors (Lipinski definition) is 4. The van der Waals surface area contributed by atoms with E-state index in [0.29, 0.717) is 6.54 Å². The lowest BCUT2D eigenvalue weighted by molar-refractivity contribution is -0.165. The highest BCUT2D eigenvalue weighted by Gasteiger charge is 2.39. The fourth-order valence-electron chi connectivity index (χ4n) is 1.52. The van der Waals surface area contributed by atoms with Crippen molar-refractivity contribution in [3.05, 3.63) is 0 Å². The highest BCUT2D eigenvalue weighted by molar-refractivity contribution is 5.82. The minimum Gasteiger partial charge on any atom is -0.388 e. The molecule has 0 aromatic carbocycles. The van der Waals surface area contributed by atoms with E-state index in [9.17, 15) is 20.1 Å². The second kappa shape index (κ2) is 4.72. The van der Waals surface area contributed by atoms with Crippen molar-refractivity contribution in [3.8, 4) is 0 Å². The zero-order chi connectivity index (χ0) is 10.7. The number of rotatable bonds is 3. The van der Waals surface area contributed by atoms with Crippen LogP contribution in [0.25, 0.3) is 0 Å². The van der Waals surface area contributed by atoms with E-state index in [4.69, 9.17) is 0 Å². The molecule has 82 valence electrons. The van der Waals surface area contributed by atoms with Crippen molar-refractivity contribution in [2.24, 2.45) is 0 Å². The summed E-state index contributed by atoms with van der Waals surface area (Å²) in [6, 6.07) is 0. The van der Waals surface area contributed by atoms with Gasteiger partial charge in [-0.3, -0.25) is 4.79 Å². The summed E-state index contributed by atoms with van der Waals surface area (Å²) in [5.41, 5.74) is 0. The molecule has 0 saturated carbocycles. The number of unbranched alkanes of at least 4 members (excludes halogenated alkanes) is 1. The molecule has 1 aliphatic heterocycles. The quantitative estimate of drug-likeness (QED) is 0.533. The maximum absolute atomic E-state index is 11.4. The van der Waals surface area contributed by atoms with Gasteiger partial charge >= 0.3 is 0 Å². The Morgan fingerprint density at radius 1 is 1.43 bits per heavy atom. The summed E-state index contributed by atoms with van der Waals surface area (Å²) in [4.78, 5) is 12.8. The van der Waals surface area contributed by atoms with Crippen molar-refractivity contribution in [2.45, 2.75) is 38.1 Å². The molecule has 3 atom stereocenters. The monoisotopic (exact) mass is 203 g/mol. The smallest absolute Gasteiger partial charge is 0.254 e. The molecule has 0 aromatic heterocycles. The Morgan fingerprint density at radius 2 is 2.07 bits per heavy atom. The van der Waals surface area contributed by atoms with Crippen LogP contribution in [0.2, 0.25) is 0 Å². The number of amides is 1. The summed E-state index contributed by atoms with van der Waals surface area (Å²) >= 11 is 0. The summed E-state index contributed by atoms with van der Waals surface area (Å²) in [6.45, 7) is 2.63. The molecule has 0 aromatic rings. The second-order valence-corrected chi connectivity index (χ2v) is 3.64. The van der Waals surface area contributed by atoms with Gasteiger partial charge in [-0.1, -0.05) is 13.3 Å². The van der Waals surface area contributed by atoms with Gasteiger partial charge in [0.1, 0.15) is 12.2 Å². The Hall–Kier alpha value is -0.650. The summed E-state index contributed by atoms with van der Waals surface area (Å²) in [5.74, 6) is -0.490. The van der Waals surface area contributed by atoms with Crippen molar-refractivity contribution in [2.75, 3.05) is 13.1 Å². The van der Waals surface area contributed by atoms with Crippen LogP contribution in [0.15, 0.2) is 0 Å². The van der Waals surface area contributed by atoms with Gasteiger partial charge in [0.05, 0.1) is 0 Å². The number of carbonyl (C=O) groups is 1. The van der Waals surface area contributed by atoms with Gasteiger partial charge < -0.3 is 20.2 Å². The molecule has 1 heterocycles. The van der Waals surface area contributed by atoms with E-state index in [0.717, 1.165) is 12.8 Å². The minimum absolute atomic E-state index is 0.108. The van der Waals surface area contributed by atoms with Crippen LogP contribution in [0.4, 0.5) is 0 Å². The predicted molar refractivity (Wildman–Crippen MR) is 49.5 cm³/mol. The number of hydrogen-bond donors (Lipinski definition) is 3. The summed E-state index contributed by atoms with van der Waals surface area (Å²) < 4.78 is 0. The van der Waals surface area contributed by atoms with E-state index in [-0.39, 0.29) is 6.54 Å². The van der Waals surface area contributed by atoms with Gasteiger partial charge in [0.15, 0.2) is 6.10 Å². The zero-order valence-corrected chi connectivity index (χ0v) is 8.26. The highest BCUT2D eigenvalue weighted by Crippen LogP contribution is 2.13. The first kappa shape index (κ1) is 11.4. The Kier molecular flexibility index (Phi) is 3.86. The van der Waals surface area contributed by atoms with Gasteiger partial charge in [-0.15, -0.1) is 0 Å². The van der Waals surface area contributed by atoms with Crippen LogP contribution in [0.1, 0.15) is 19.8 Å². The number of likely N-dealkylation sites (tertiary alicyclic amines) is 1. The van der Waals surface area contributed by atoms with Gasteiger partial charge in [0.2, 0.25) is 0 Å². The topological polar surface area (TPSA) is 81.0 Å². The van der Waals surface area contributed by atoms with Crippen LogP contribution < -0.4 is 0 Å². The first-order valence-corrected chi connectivity index (χ1v) is 4.91. The number of aliphatic hydroxyl groups is 3. The molecule has 0 radical (unpaired) electrons. The normalized spacial score (nSPS) is 33.6. The first-order chi connectivity index (χ1) is 6.57. The summed E-state index contributed by atoms with van der Waals surface area (Å²) in [5, 5.41) is 27.8. The largest absolute Gasteiger partial charge is 0.388 e. The summed E-state index contributed by atoms with van der Waals surface area (Å²) in [6.07, 6.45) is -2.09. The molecule has 1 rings (SSSR count). The van der Waals surface area contributed by atoms with E-state index in [2.05, 4.69) is 0 Å². The molecule has 1 amide bonds. The molecule has 5 heteroatoms. The van der Waals surface area contributed by atoms with Crippen molar-refractivity contribution < 1.29 is 20.1 Å². The number of carbonyl (C=O) groups excluding carboxylic acids is 1. The van der Waals surface area contributed by atoms with Crippen LogP contribution in [-0.2, 0) is 4.79 Å². The van der Waals surface area contributed by atoms with Crippen molar-refractivity contribution in [1.82, 2.24) is 4.90 Å². The van der Waals surface area contributed by atoms with Gasteiger partial charge in [0.25, 0.3) is 5.91 Å². The van der Waals surface area contributed by atoms with Gasteiger partial charge in [-0.25, -0.2) is 0 Å². The predicted octanol–water partition coefficient (Wildman–Crippen LogP) is -1.29. The Bertz CT molecular complexity index is 209. The van der Waals surface area contributed by atoms with E-state index in [1.165, 1.54) is 4.90 Å². The van der Waals surface area contributed by atoms with E-state index >= 15 is 0 Å². The number of nitrogens with zero attached hydrogens (tertiary/aromatic N) is 1. The lowest BCUT2D eigenvalue weighted by atomic mass is 10.0. The minimum atomic E-state index is -1.48. The number of β-amino-alcohol motifs (C(OH)–C–C–N with tert-alkyl or cyclic N) is 1. The third-order valence-corrected chi connectivity index (χ3v) is 2.47. The number of aliphatic hydroxyl groups excluding tert-OH is 3. The molecule has 14 heavy (non-hydrogen) atoms. The van der Waals surface area contributed by atoms with E-state index in [1.807, 2.05) is 6.92 Å². The Labute approximate surface area is 83.0 Å². The molecule has 0 spiro atoms. The SMILES string of the molecule is CCCCN1C[C@H](O)[C@@H](O)[C@H](O)C1=O. The van der Waals surface area contributed by atoms with Crippen LogP contribution in [0.5, 0.6) is 0 Å². The highest BCUT2D eigenvalue weighted by atomic mass is 16.4. The van der Waals surface area contributed by atoms with Gasteiger partial charge in [-0.05, 0) is 6.42 Å². The molecule has 5 nitrogen and oxygen atoms in total. The van der Waals surface area contributed by atoms with Crippen molar-refractivity contribution in [3.63, 3.8) is 0 Å². The lowest BCUT2D eigenvalue weighted by Crippen LogP contribution is -2.58. The lowest BCUT2D eigenvalue weighted by Gasteiger charge is -2.36. The third-order valence-electron chi connectivity index (χ3n) is 2.47. The van der Waals surface area contributed by atoms with Crippen molar-refractivity contribution in [1.29, 1.82) is 0 Å². The standard InChI is InChI=1S/C9H17NO4/c1-2-3-4-10-5-6(11)7(12)8(13)9(10)14/h6-8,11-13H,2-5H2,1H3/t6-,7+,8-/m0/s1. The number of piperidine rings is 1. The zero-order valence-electron chi connectivity index (χ0n) is 8.26. The van der Waals surface area contributed by atoms with Crippen molar-refractivity contribution >= 4 is 5.91 Å². The van der Waals surface area contributed by atoms with Crippen LogP contribution >= 0.6 is 0 Å². The molecule has 1 aliphatic rings. The van der Waals surface area contributed by atoms with Crippen LogP contribution in [-0.4, -0.2) is 57.5 Å². The van der Waals surface area contributed by atoms with E-state index in [1.54, 1.807) is 0 Å². The molecular weight excluding hydrogens is 186 g/mol. The molecule has 1 fully saturated rings. The summed E-state index contributed by atoms with van der Waals surface area (Å²) in [7, 11) is 0. The molecule has 1 saturated heterocycles. The Morgan fingerprint density at radius 3 is 2.64 bits per heavy atom. The van der Waals surface area contributed by atoms with Crippen LogP contribution in [0, 0.1) is 0 Å². The third kappa shape index (κ3) is 2.23. The molecule has 3 N–H and O–H groups in total. The average molecular weight is 203 g/mol. The maximum atomic E-state index is 11.4. The molecule has 0 unspecified atom stereocenters. The first-order valence-electron chi connectivity index (χ1n) is 4.91. The molecule has 0 bridgehead atoms. The van der Waals surface area contributed by atoms with Gasteiger partial charge in [0, 0.05) is 13.1 Å². The Balaban J connectivity index is 2.56.